The molecule has 3 rings (SSSR count). The SMILES string of the molecule is O=C(NCC1(O)Cc2ccccc2C1)c1cccc(Br)c1. The quantitative estimate of drug-likeness (QED) is 0.898. The van der Waals surface area contributed by atoms with E-state index in [0.29, 0.717) is 18.4 Å². The average molecular weight is 346 g/mol. The highest BCUT2D eigenvalue weighted by Gasteiger charge is 2.35. The van der Waals surface area contributed by atoms with E-state index in [0.717, 1.165) is 15.6 Å². The Morgan fingerprint density at radius 3 is 2.43 bits per heavy atom. The highest BCUT2D eigenvalue weighted by atomic mass is 79.9. The molecule has 108 valence electrons. The first-order chi connectivity index (χ1) is 10.1. The van der Waals surface area contributed by atoms with Crippen molar-refractivity contribution in [1.82, 2.24) is 5.32 Å². The maximum absolute atomic E-state index is 12.1. The third kappa shape index (κ3) is 3.17. The third-order valence-electron chi connectivity index (χ3n) is 3.82. The minimum atomic E-state index is -0.884. The lowest BCUT2D eigenvalue weighted by atomic mass is 10.0. The predicted molar refractivity (Wildman–Crippen MR) is 85.3 cm³/mol. The van der Waals surface area contributed by atoms with Crippen molar-refractivity contribution >= 4 is 21.8 Å². The number of fused-ring (bicyclic) bond motifs is 1. The van der Waals surface area contributed by atoms with Crippen LogP contribution in [0.5, 0.6) is 0 Å². The van der Waals surface area contributed by atoms with Crippen LogP contribution in [0.3, 0.4) is 0 Å². The molecule has 0 aromatic heterocycles. The summed E-state index contributed by atoms with van der Waals surface area (Å²) < 4.78 is 0.863. The van der Waals surface area contributed by atoms with Crippen molar-refractivity contribution in [2.24, 2.45) is 0 Å². The van der Waals surface area contributed by atoms with Crippen molar-refractivity contribution in [3.8, 4) is 0 Å². The second-order valence-corrected chi connectivity index (χ2v) is 6.46. The molecule has 2 aromatic rings. The van der Waals surface area contributed by atoms with E-state index in [1.807, 2.05) is 36.4 Å². The summed E-state index contributed by atoms with van der Waals surface area (Å²) in [5, 5.41) is 13.5. The summed E-state index contributed by atoms with van der Waals surface area (Å²) in [5.41, 5.74) is 2.03. The molecule has 0 unspecified atom stereocenters. The van der Waals surface area contributed by atoms with Gasteiger partial charge < -0.3 is 10.4 Å². The summed E-state index contributed by atoms with van der Waals surface area (Å²) in [6.07, 6.45) is 1.17. The largest absolute Gasteiger partial charge is 0.387 e. The first-order valence-electron chi connectivity index (χ1n) is 6.89. The number of nitrogens with one attached hydrogen (secondary N) is 1. The summed E-state index contributed by atoms with van der Waals surface area (Å²) >= 11 is 3.35. The lowest BCUT2D eigenvalue weighted by Gasteiger charge is -2.22. The highest BCUT2D eigenvalue weighted by Crippen LogP contribution is 2.29. The Morgan fingerprint density at radius 1 is 1.14 bits per heavy atom. The zero-order chi connectivity index (χ0) is 14.9. The number of benzene rings is 2. The monoisotopic (exact) mass is 345 g/mol. The molecule has 3 nitrogen and oxygen atoms in total. The van der Waals surface area contributed by atoms with Crippen molar-refractivity contribution in [3.63, 3.8) is 0 Å². The van der Waals surface area contributed by atoms with Gasteiger partial charge in [0.2, 0.25) is 0 Å². The standard InChI is InChI=1S/C17H16BrNO2/c18-15-7-3-6-12(8-15)16(20)19-11-17(21)9-13-4-1-2-5-14(13)10-17/h1-8,21H,9-11H2,(H,19,20). The average Bonchev–Trinajstić information content (AvgIpc) is 2.81. The molecule has 1 amide bonds. The van der Waals surface area contributed by atoms with Gasteiger partial charge in [-0.15, -0.1) is 0 Å². The number of carbonyl (C=O) groups excluding carboxylic acids is 1. The van der Waals surface area contributed by atoms with Crippen molar-refractivity contribution in [2.75, 3.05) is 6.54 Å². The van der Waals surface area contributed by atoms with Crippen LogP contribution in [0.4, 0.5) is 0 Å². The summed E-state index contributed by atoms with van der Waals surface area (Å²) in [5.74, 6) is -0.166. The maximum atomic E-state index is 12.1. The van der Waals surface area contributed by atoms with Gasteiger partial charge >= 0.3 is 0 Å². The molecule has 2 N–H and O–H groups in total. The molecular weight excluding hydrogens is 330 g/mol. The van der Waals surface area contributed by atoms with Gasteiger partial charge in [0.1, 0.15) is 0 Å². The molecule has 0 heterocycles. The van der Waals surface area contributed by atoms with Crippen LogP contribution in [0.15, 0.2) is 53.0 Å². The zero-order valence-corrected chi connectivity index (χ0v) is 13.1. The van der Waals surface area contributed by atoms with E-state index in [1.54, 1.807) is 12.1 Å². The van der Waals surface area contributed by atoms with Gasteiger partial charge in [-0.1, -0.05) is 46.3 Å². The van der Waals surface area contributed by atoms with Gasteiger partial charge in [0.25, 0.3) is 5.91 Å². The Balaban J connectivity index is 1.65. The second kappa shape index (κ2) is 5.62. The molecule has 0 saturated heterocycles. The fourth-order valence-electron chi connectivity index (χ4n) is 2.78. The fourth-order valence-corrected chi connectivity index (χ4v) is 3.17. The first kappa shape index (κ1) is 14.3. The van der Waals surface area contributed by atoms with Crippen molar-refractivity contribution < 1.29 is 9.90 Å². The molecule has 1 aliphatic rings. The Hall–Kier alpha value is -1.65. The number of halogens is 1. The van der Waals surface area contributed by atoms with Crippen LogP contribution < -0.4 is 5.32 Å². The summed E-state index contributed by atoms with van der Waals surface area (Å²) in [6, 6.07) is 15.2. The fraction of sp³-hybridized carbons (Fsp3) is 0.235. The van der Waals surface area contributed by atoms with Crippen LogP contribution in [0, 0.1) is 0 Å². The zero-order valence-electron chi connectivity index (χ0n) is 11.5. The number of hydrogen-bond donors (Lipinski definition) is 2. The van der Waals surface area contributed by atoms with Crippen LogP contribution in [0.2, 0.25) is 0 Å². The molecule has 0 bridgehead atoms. The molecule has 0 saturated carbocycles. The molecule has 0 aliphatic heterocycles. The minimum absolute atomic E-state index is 0.166. The number of rotatable bonds is 3. The lowest BCUT2D eigenvalue weighted by Crippen LogP contribution is -2.43. The maximum Gasteiger partial charge on any atom is 0.251 e. The molecule has 0 atom stereocenters. The van der Waals surface area contributed by atoms with E-state index in [1.165, 1.54) is 0 Å². The van der Waals surface area contributed by atoms with Gasteiger partial charge in [-0.25, -0.2) is 0 Å². The van der Waals surface area contributed by atoms with Crippen molar-refractivity contribution in [2.45, 2.75) is 18.4 Å². The number of carbonyl (C=O) groups is 1. The number of amides is 1. The van der Waals surface area contributed by atoms with E-state index in [4.69, 9.17) is 0 Å². The Bertz CT molecular complexity index is 659. The molecule has 2 aromatic carbocycles. The predicted octanol–water partition coefficient (Wildman–Crippen LogP) is 2.71. The van der Waals surface area contributed by atoms with E-state index < -0.39 is 5.60 Å². The van der Waals surface area contributed by atoms with Gasteiger partial charge in [0.15, 0.2) is 0 Å². The van der Waals surface area contributed by atoms with E-state index in [9.17, 15) is 9.90 Å². The normalized spacial score (nSPS) is 15.5. The van der Waals surface area contributed by atoms with E-state index >= 15 is 0 Å². The third-order valence-corrected chi connectivity index (χ3v) is 4.32. The molecule has 1 aliphatic carbocycles. The highest BCUT2D eigenvalue weighted by molar-refractivity contribution is 9.10. The van der Waals surface area contributed by atoms with E-state index in [2.05, 4.69) is 21.2 Å². The Kier molecular flexibility index (Phi) is 3.83. The number of aliphatic hydroxyl groups is 1. The van der Waals surface area contributed by atoms with Gasteiger partial charge in [-0.05, 0) is 29.3 Å². The minimum Gasteiger partial charge on any atom is -0.387 e. The number of hydrogen-bond acceptors (Lipinski definition) is 2. The topological polar surface area (TPSA) is 49.3 Å². The first-order valence-corrected chi connectivity index (χ1v) is 7.68. The van der Waals surface area contributed by atoms with Crippen molar-refractivity contribution in [3.05, 3.63) is 69.7 Å². The van der Waals surface area contributed by atoms with Gasteiger partial charge in [0, 0.05) is 29.4 Å². The molecule has 0 fully saturated rings. The second-order valence-electron chi connectivity index (χ2n) is 5.54. The smallest absolute Gasteiger partial charge is 0.251 e. The molecule has 4 heteroatoms. The molecule has 21 heavy (non-hydrogen) atoms. The summed E-state index contributed by atoms with van der Waals surface area (Å²) in [4.78, 5) is 12.1. The summed E-state index contributed by atoms with van der Waals surface area (Å²) in [6.45, 7) is 0.257. The van der Waals surface area contributed by atoms with Crippen LogP contribution >= 0.6 is 15.9 Å². The Morgan fingerprint density at radius 2 is 1.81 bits per heavy atom. The van der Waals surface area contributed by atoms with Crippen LogP contribution in [0.1, 0.15) is 21.5 Å². The molecular formula is C17H16BrNO2. The summed E-state index contributed by atoms with van der Waals surface area (Å²) in [7, 11) is 0. The van der Waals surface area contributed by atoms with Crippen LogP contribution in [0.25, 0.3) is 0 Å². The van der Waals surface area contributed by atoms with Crippen LogP contribution in [-0.4, -0.2) is 23.2 Å². The van der Waals surface area contributed by atoms with Gasteiger partial charge in [0.05, 0.1) is 5.60 Å². The van der Waals surface area contributed by atoms with E-state index in [-0.39, 0.29) is 12.5 Å². The lowest BCUT2D eigenvalue weighted by molar-refractivity contribution is 0.0480. The van der Waals surface area contributed by atoms with Crippen LogP contribution in [-0.2, 0) is 12.8 Å². The molecule has 0 spiro atoms. The van der Waals surface area contributed by atoms with Gasteiger partial charge in [-0.3, -0.25) is 4.79 Å². The molecule has 0 radical (unpaired) electrons. The Labute approximate surface area is 132 Å². The van der Waals surface area contributed by atoms with Gasteiger partial charge in [-0.2, -0.15) is 0 Å². The van der Waals surface area contributed by atoms with Crippen molar-refractivity contribution in [1.29, 1.82) is 0 Å².